The number of thiophene rings is 1. The standard InChI is InChI=1S/C10H13BrN4S/c1-2-15-4-3-13-10(15)9(14-12)7-5-8(11)16-6-7/h3-6,9,14H,2,12H2,1H3. The van der Waals surface area contributed by atoms with Crippen LogP contribution in [0.4, 0.5) is 0 Å². The fourth-order valence-electron chi connectivity index (χ4n) is 1.64. The number of hydrazine groups is 1. The van der Waals surface area contributed by atoms with E-state index in [0.717, 1.165) is 21.7 Å². The summed E-state index contributed by atoms with van der Waals surface area (Å²) in [5.41, 5.74) is 3.94. The summed E-state index contributed by atoms with van der Waals surface area (Å²) >= 11 is 5.09. The van der Waals surface area contributed by atoms with Crippen LogP contribution in [0.2, 0.25) is 0 Å². The number of imidazole rings is 1. The molecule has 0 amide bonds. The van der Waals surface area contributed by atoms with Crippen LogP contribution in [0.15, 0.2) is 27.6 Å². The van der Waals surface area contributed by atoms with E-state index in [1.807, 2.05) is 6.20 Å². The largest absolute Gasteiger partial charge is 0.334 e. The first kappa shape index (κ1) is 11.8. The highest BCUT2D eigenvalue weighted by Gasteiger charge is 2.18. The number of rotatable bonds is 4. The molecule has 2 aromatic rings. The van der Waals surface area contributed by atoms with E-state index in [2.05, 4.69) is 49.3 Å². The molecule has 0 fully saturated rings. The fourth-order valence-corrected chi connectivity index (χ4v) is 2.84. The van der Waals surface area contributed by atoms with Gasteiger partial charge in [0.05, 0.1) is 3.79 Å². The molecule has 0 spiro atoms. The van der Waals surface area contributed by atoms with E-state index in [-0.39, 0.29) is 6.04 Å². The summed E-state index contributed by atoms with van der Waals surface area (Å²) in [6.45, 7) is 2.97. The maximum Gasteiger partial charge on any atom is 0.131 e. The lowest BCUT2D eigenvalue weighted by atomic mass is 10.1. The van der Waals surface area contributed by atoms with Crippen molar-refractivity contribution in [3.05, 3.63) is 39.0 Å². The van der Waals surface area contributed by atoms with Gasteiger partial charge in [-0.15, -0.1) is 11.3 Å². The lowest BCUT2D eigenvalue weighted by Crippen LogP contribution is -2.30. The molecule has 0 bridgehead atoms. The SMILES string of the molecule is CCn1ccnc1C(NN)c1csc(Br)c1. The Labute approximate surface area is 107 Å². The van der Waals surface area contributed by atoms with Crippen molar-refractivity contribution in [1.29, 1.82) is 0 Å². The molecule has 0 aromatic carbocycles. The van der Waals surface area contributed by atoms with Gasteiger partial charge in [0.25, 0.3) is 0 Å². The summed E-state index contributed by atoms with van der Waals surface area (Å²) in [5, 5.41) is 2.07. The van der Waals surface area contributed by atoms with Crippen LogP contribution in [-0.4, -0.2) is 9.55 Å². The average Bonchev–Trinajstić information content (AvgIpc) is 2.89. The Morgan fingerprint density at radius 1 is 1.69 bits per heavy atom. The maximum atomic E-state index is 5.61. The van der Waals surface area contributed by atoms with Crippen LogP contribution >= 0.6 is 27.3 Å². The van der Waals surface area contributed by atoms with Gasteiger partial charge < -0.3 is 4.57 Å². The van der Waals surface area contributed by atoms with E-state index in [0.29, 0.717) is 0 Å². The Bertz CT molecular complexity index is 465. The second kappa shape index (κ2) is 5.09. The molecule has 1 unspecified atom stereocenters. The number of hydrogen-bond donors (Lipinski definition) is 2. The minimum absolute atomic E-state index is 0.0579. The van der Waals surface area contributed by atoms with Gasteiger partial charge in [-0.1, -0.05) is 0 Å². The lowest BCUT2D eigenvalue weighted by Gasteiger charge is -2.15. The zero-order valence-electron chi connectivity index (χ0n) is 8.85. The van der Waals surface area contributed by atoms with Gasteiger partial charge in [-0.3, -0.25) is 5.84 Å². The predicted octanol–water partition coefficient (Wildman–Crippen LogP) is 2.28. The van der Waals surface area contributed by atoms with E-state index in [4.69, 9.17) is 5.84 Å². The first-order chi connectivity index (χ1) is 7.76. The Kier molecular flexibility index (Phi) is 3.75. The van der Waals surface area contributed by atoms with E-state index in [1.165, 1.54) is 0 Å². The van der Waals surface area contributed by atoms with Crippen LogP contribution in [0.25, 0.3) is 0 Å². The van der Waals surface area contributed by atoms with Gasteiger partial charge in [-0.05, 0) is 39.9 Å². The molecule has 0 radical (unpaired) electrons. The van der Waals surface area contributed by atoms with Crippen molar-refractivity contribution in [1.82, 2.24) is 15.0 Å². The summed E-state index contributed by atoms with van der Waals surface area (Å²) in [5.74, 6) is 6.55. The van der Waals surface area contributed by atoms with Gasteiger partial charge >= 0.3 is 0 Å². The van der Waals surface area contributed by atoms with Crippen molar-refractivity contribution in [2.45, 2.75) is 19.5 Å². The first-order valence-corrected chi connectivity index (χ1v) is 6.64. The topological polar surface area (TPSA) is 55.9 Å². The third-order valence-corrected chi connectivity index (χ3v) is 3.96. The average molecular weight is 301 g/mol. The summed E-state index contributed by atoms with van der Waals surface area (Å²) in [7, 11) is 0. The summed E-state index contributed by atoms with van der Waals surface area (Å²) < 4.78 is 3.17. The molecule has 0 aliphatic carbocycles. The predicted molar refractivity (Wildman–Crippen MR) is 69.1 cm³/mol. The van der Waals surface area contributed by atoms with E-state index in [1.54, 1.807) is 17.5 Å². The van der Waals surface area contributed by atoms with Crippen molar-refractivity contribution in [2.75, 3.05) is 0 Å². The van der Waals surface area contributed by atoms with E-state index >= 15 is 0 Å². The molecule has 16 heavy (non-hydrogen) atoms. The highest BCUT2D eigenvalue weighted by molar-refractivity contribution is 9.11. The zero-order chi connectivity index (χ0) is 11.5. The Morgan fingerprint density at radius 2 is 2.50 bits per heavy atom. The number of aryl methyl sites for hydroxylation is 1. The number of nitrogens with one attached hydrogen (secondary N) is 1. The number of nitrogens with two attached hydrogens (primary N) is 1. The third-order valence-electron chi connectivity index (χ3n) is 2.43. The van der Waals surface area contributed by atoms with Crippen LogP contribution in [0, 0.1) is 0 Å². The van der Waals surface area contributed by atoms with Gasteiger partial charge in [0.1, 0.15) is 11.9 Å². The zero-order valence-corrected chi connectivity index (χ0v) is 11.3. The molecule has 1 atom stereocenters. The molecule has 3 N–H and O–H groups in total. The molecule has 0 saturated carbocycles. The lowest BCUT2D eigenvalue weighted by molar-refractivity contribution is 0.562. The smallest absolute Gasteiger partial charge is 0.131 e. The molecule has 6 heteroatoms. The van der Waals surface area contributed by atoms with Gasteiger partial charge in [0.15, 0.2) is 0 Å². The van der Waals surface area contributed by atoms with Crippen molar-refractivity contribution in [2.24, 2.45) is 5.84 Å². The second-order valence-electron chi connectivity index (χ2n) is 3.36. The van der Waals surface area contributed by atoms with Gasteiger partial charge in [-0.2, -0.15) is 0 Å². The van der Waals surface area contributed by atoms with Gasteiger partial charge in [-0.25, -0.2) is 10.4 Å². The molecule has 0 aliphatic heterocycles. The molecule has 2 aromatic heterocycles. The molecule has 2 heterocycles. The number of nitrogens with zero attached hydrogens (tertiary/aromatic N) is 2. The normalized spacial score (nSPS) is 12.9. The fraction of sp³-hybridized carbons (Fsp3) is 0.300. The monoisotopic (exact) mass is 300 g/mol. The van der Waals surface area contributed by atoms with Crippen molar-refractivity contribution in [3.8, 4) is 0 Å². The summed E-state index contributed by atoms with van der Waals surface area (Å²) in [6.07, 6.45) is 3.76. The maximum absolute atomic E-state index is 5.61. The quantitative estimate of drug-likeness (QED) is 0.673. The van der Waals surface area contributed by atoms with Gasteiger partial charge in [0.2, 0.25) is 0 Å². The Hall–Kier alpha value is -0.690. The minimum atomic E-state index is -0.0579. The minimum Gasteiger partial charge on any atom is -0.334 e. The van der Waals surface area contributed by atoms with Crippen LogP contribution in [0.5, 0.6) is 0 Å². The third kappa shape index (κ3) is 2.20. The molecule has 4 nitrogen and oxygen atoms in total. The summed E-state index contributed by atoms with van der Waals surface area (Å²) in [4.78, 5) is 4.35. The van der Waals surface area contributed by atoms with Gasteiger partial charge in [0, 0.05) is 18.9 Å². The second-order valence-corrected chi connectivity index (χ2v) is 5.65. The highest BCUT2D eigenvalue weighted by atomic mass is 79.9. The van der Waals surface area contributed by atoms with Crippen molar-refractivity contribution >= 4 is 27.3 Å². The van der Waals surface area contributed by atoms with Crippen molar-refractivity contribution < 1.29 is 0 Å². The van der Waals surface area contributed by atoms with Crippen LogP contribution in [0.1, 0.15) is 24.4 Å². The van der Waals surface area contributed by atoms with Crippen LogP contribution < -0.4 is 11.3 Å². The van der Waals surface area contributed by atoms with Crippen LogP contribution in [0.3, 0.4) is 0 Å². The number of halogens is 1. The highest BCUT2D eigenvalue weighted by Crippen LogP contribution is 2.28. The Morgan fingerprint density at radius 3 is 3.06 bits per heavy atom. The number of hydrogen-bond acceptors (Lipinski definition) is 4. The molecule has 2 rings (SSSR count). The van der Waals surface area contributed by atoms with Crippen molar-refractivity contribution in [3.63, 3.8) is 0 Å². The number of aromatic nitrogens is 2. The molecule has 0 aliphatic rings. The molecular weight excluding hydrogens is 288 g/mol. The van der Waals surface area contributed by atoms with Crippen LogP contribution in [-0.2, 0) is 6.54 Å². The molecule has 86 valence electrons. The van der Waals surface area contributed by atoms with E-state index in [9.17, 15) is 0 Å². The Balaban J connectivity index is 2.36. The molecular formula is C10H13BrN4S. The first-order valence-electron chi connectivity index (χ1n) is 4.97. The summed E-state index contributed by atoms with van der Waals surface area (Å²) in [6, 6.07) is 2.00. The van der Waals surface area contributed by atoms with E-state index < -0.39 is 0 Å². The molecule has 0 saturated heterocycles.